The van der Waals surface area contributed by atoms with Crippen molar-refractivity contribution < 1.29 is 14.4 Å². The third-order valence-electron chi connectivity index (χ3n) is 4.56. The molecule has 0 saturated carbocycles. The molecule has 0 amide bonds. The second kappa shape index (κ2) is 5.86. The Bertz CT molecular complexity index is 994. The first-order valence-electron chi connectivity index (χ1n) is 7.96. The molecule has 0 bridgehead atoms. The second-order valence-corrected chi connectivity index (χ2v) is 6.26. The molecule has 0 radical (unpaired) electrons. The smallest absolute Gasteiger partial charge is 0.270 e. The van der Waals surface area contributed by atoms with E-state index in [2.05, 4.69) is 31.0 Å². The highest BCUT2D eigenvalue weighted by molar-refractivity contribution is 5.77. The maximum absolute atomic E-state index is 11.2. The Kier molecular flexibility index (Phi) is 3.65. The van der Waals surface area contributed by atoms with Crippen LogP contribution >= 0.6 is 0 Å². The Morgan fingerprint density at radius 3 is 2.84 bits per heavy atom. The number of nitro benzene ring substituents is 1. The number of rotatable bonds is 3. The molecule has 0 spiro atoms. The number of non-ortho nitro benzene ring substituents is 1. The molecular formula is C18H17N3O4. The highest BCUT2D eigenvalue weighted by Gasteiger charge is 2.21. The number of imidazole rings is 1. The van der Waals surface area contributed by atoms with Gasteiger partial charge in [-0.15, -0.1) is 0 Å². The summed E-state index contributed by atoms with van der Waals surface area (Å²) >= 11 is 0. The summed E-state index contributed by atoms with van der Waals surface area (Å²) in [4.78, 5) is 15.3. The zero-order valence-corrected chi connectivity index (χ0v) is 14.0. The molecule has 2 aromatic carbocycles. The van der Waals surface area contributed by atoms with Crippen molar-refractivity contribution in [2.24, 2.45) is 0 Å². The van der Waals surface area contributed by atoms with Gasteiger partial charge in [0.25, 0.3) is 5.69 Å². The fourth-order valence-electron chi connectivity index (χ4n) is 3.13. The molecule has 128 valence electrons. The summed E-state index contributed by atoms with van der Waals surface area (Å²) in [5, 5.41) is 11.2. The monoisotopic (exact) mass is 339 g/mol. The number of benzene rings is 2. The molecule has 7 nitrogen and oxygen atoms in total. The number of aromatic nitrogens is 2. The van der Waals surface area contributed by atoms with Crippen LogP contribution in [0.5, 0.6) is 5.75 Å². The fourth-order valence-corrected chi connectivity index (χ4v) is 3.13. The van der Waals surface area contributed by atoms with Crippen LogP contribution < -0.4 is 4.74 Å². The van der Waals surface area contributed by atoms with Crippen molar-refractivity contribution in [1.82, 2.24) is 9.55 Å². The summed E-state index contributed by atoms with van der Waals surface area (Å²) in [5.74, 6) is 0.669. The molecule has 25 heavy (non-hydrogen) atoms. The van der Waals surface area contributed by atoms with Gasteiger partial charge in [-0.2, -0.15) is 0 Å². The van der Waals surface area contributed by atoms with E-state index in [1.807, 2.05) is 4.57 Å². The zero-order chi connectivity index (χ0) is 17.6. The number of nitro groups is 1. The molecule has 7 heteroatoms. The van der Waals surface area contributed by atoms with Gasteiger partial charge in [-0.1, -0.05) is 0 Å². The molecule has 3 aromatic rings. The average molecular weight is 339 g/mol. The van der Waals surface area contributed by atoms with E-state index in [-0.39, 0.29) is 12.5 Å². The highest BCUT2D eigenvalue weighted by atomic mass is 16.7. The van der Waals surface area contributed by atoms with Gasteiger partial charge in [-0.05, 0) is 37.1 Å². The van der Waals surface area contributed by atoms with Crippen LogP contribution in [0.1, 0.15) is 22.3 Å². The minimum absolute atomic E-state index is 0.0410. The van der Waals surface area contributed by atoms with Gasteiger partial charge in [-0.3, -0.25) is 10.1 Å². The van der Waals surface area contributed by atoms with E-state index in [1.165, 1.54) is 17.2 Å². The van der Waals surface area contributed by atoms with E-state index >= 15 is 0 Å². The van der Waals surface area contributed by atoms with Crippen molar-refractivity contribution in [3.63, 3.8) is 0 Å². The van der Waals surface area contributed by atoms with Crippen molar-refractivity contribution in [3.8, 4) is 5.75 Å². The number of fused-ring (bicyclic) bond motifs is 2. The number of hydrogen-bond donors (Lipinski definition) is 0. The van der Waals surface area contributed by atoms with E-state index < -0.39 is 4.92 Å². The molecule has 0 aliphatic carbocycles. The number of hydrogen-bond acceptors (Lipinski definition) is 5. The lowest BCUT2D eigenvalue weighted by Gasteiger charge is -2.21. The van der Waals surface area contributed by atoms with Crippen molar-refractivity contribution in [3.05, 3.63) is 63.0 Å². The van der Waals surface area contributed by atoms with E-state index in [9.17, 15) is 10.1 Å². The van der Waals surface area contributed by atoms with Gasteiger partial charge in [0.15, 0.2) is 6.79 Å². The summed E-state index contributed by atoms with van der Waals surface area (Å²) < 4.78 is 12.9. The predicted octanol–water partition coefficient (Wildman–Crippen LogP) is 3.48. The molecule has 0 saturated heterocycles. The van der Waals surface area contributed by atoms with E-state index in [4.69, 9.17) is 9.47 Å². The van der Waals surface area contributed by atoms with Gasteiger partial charge >= 0.3 is 0 Å². The quantitative estimate of drug-likeness (QED) is 0.539. The molecular weight excluding hydrogens is 322 g/mol. The lowest BCUT2D eigenvalue weighted by atomic mass is 10.1. The molecule has 1 aliphatic heterocycles. The predicted molar refractivity (Wildman–Crippen MR) is 91.7 cm³/mol. The van der Waals surface area contributed by atoms with Crippen LogP contribution in [-0.2, 0) is 17.9 Å². The standard InChI is InChI=1S/C18H17N3O4/c1-11-3-16-17(4-12(11)2)20(9-19-16)7-13-5-15(21(22)23)6-14-8-24-10-25-18(13)14/h3-6,9H,7-8,10H2,1-2H3. The second-order valence-electron chi connectivity index (χ2n) is 6.26. The van der Waals surface area contributed by atoms with E-state index in [1.54, 1.807) is 12.4 Å². The van der Waals surface area contributed by atoms with Crippen LogP contribution in [-0.4, -0.2) is 21.3 Å². The van der Waals surface area contributed by atoms with Crippen LogP contribution in [0.4, 0.5) is 5.69 Å². The van der Waals surface area contributed by atoms with Crippen LogP contribution in [0.15, 0.2) is 30.6 Å². The number of ether oxygens (including phenoxy) is 2. The summed E-state index contributed by atoms with van der Waals surface area (Å²) in [6, 6.07) is 7.22. The van der Waals surface area contributed by atoms with Gasteiger partial charge in [-0.25, -0.2) is 4.98 Å². The SMILES string of the molecule is Cc1cc2ncn(Cc3cc([N+](=O)[O-])cc4c3OCOC4)c2cc1C. The maximum atomic E-state index is 11.2. The fraction of sp³-hybridized carbons (Fsp3) is 0.278. The Labute approximate surface area is 144 Å². The molecule has 0 N–H and O–H groups in total. The average Bonchev–Trinajstić information content (AvgIpc) is 2.97. The first-order valence-corrected chi connectivity index (χ1v) is 7.96. The van der Waals surface area contributed by atoms with Crippen molar-refractivity contribution in [1.29, 1.82) is 0 Å². The Morgan fingerprint density at radius 1 is 1.24 bits per heavy atom. The molecule has 1 aromatic heterocycles. The first-order chi connectivity index (χ1) is 12.0. The molecule has 4 rings (SSSR count). The molecule has 1 aliphatic rings. The lowest BCUT2D eigenvalue weighted by Crippen LogP contribution is -2.14. The zero-order valence-electron chi connectivity index (χ0n) is 14.0. The van der Waals surface area contributed by atoms with Gasteiger partial charge < -0.3 is 14.0 Å². The molecule has 0 fully saturated rings. The molecule has 0 atom stereocenters. The Morgan fingerprint density at radius 2 is 2.04 bits per heavy atom. The van der Waals surface area contributed by atoms with E-state index in [0.717, 1.165) is 16.6 Å². The minimum atomic E-state index is -0.391. The molecule has 2 heterocycles. The maximum Gasteiger partial charge on any atom is 0.270 e. The minimum Gasteiger partial charge on any atom is -0.467 e. The Balaban J connectivity index is 1.81. The van der Waals surface area contributed by atoms with E-state index in [0.29, 0.717) is 24.5 Å². The van der Waals surface area contributed by atoms with Gasteiger partial charge in [0.1, 0.15) is 5.75 Å². The third kappa shape index (κ3) is 2.72. The van der Waals surface area contributed by atoms with Crippen LogP contribution in [0.2, 0.25) is 0 Å². The Hall–Kier alpha value is -2.93. The van der Waals surface area contributed by atoms with Crippen molar-refractivity contribution in [2.75, 3.05) is 6.79 Å². The van der Waals surface area contributed by atoms with Crippen molar-refractivity contribution in [2.45, 2.75) is 27.0 Å². The van der Waals surface area contributed by atoms with Crippen LogP contribution in [0, 0.1) is 24.0 Å². The van der Waals surface area contributed by atoms with Gasteiger partial charge in [0, 0.05) is 23.3 Å². The summed E-state index contributed by atoms with van der Waals surface area (Å²) in [6.45, 7) is 5.02. The summed E-state index contributed by atoms with van der Waals surface area (Å²) in [7, 11) is 0. The van der Waals surface area contributed by atoms with Gasteiger partial charge in [0.05, 0.1) is 35.4 Å². The first kappa shape index (κ1) is 15.6. The number of aryl methyl sites for hydroxylation is 2. The molecule has 0 unspecified atom stereocenters. The van der Waals surface area contributed by atoms with Crippen LogP contribution in [0.25, 0.3) is 11.0 Å². The number of nitrogens with zero attached hydrogens (tertiary/aromatic N) is 3. The topological polar surface area (TPSA) is 79.4 Å². The van der Waals surface area contributed by atoms with Crippen LogP contribution in [0.3, 0.4) is 0 Å². The largest absolute Gasteiger partial charge is 0.467 e. The third-order valence-corrected chi connectivity index (χ3v) is 4.56. The van der Waals surface area contributed by atoms with Crippen molar-refractivity contribution >= 4 is 16.7 Å². The summed E-state index contributed by atoms with van der Waals surface area (Å²) in [6.07, 6.45) is 1.76. The lowest BCUT2D eigenvalue weighted by molar-refractivity contribution is -0.385. The highest BCUT2D eigenvalue weighted by Crippen LogP contribution is 2.33. The van der Waals surface area contributed by atoms with Gasteiger partial charge in [0.2, 0.25) is 0 Å². The normalized spacial score (nSPS) is 13.5. The summed E-state index contributed by atoms with van der Waals surface area (Å²) in [5.41, 5.74) is 5.77.